The van der Waals surface area contributed by atoms with E-state index in [1.54, 1.807) is 22.9 Å². The van der Waals surface area contributed by atoms with Crippen molar-refractivity contribution in [2.75, 3.05) is 29.5 Å². The first-order chi connectivity index (χ1) is 18.2. The molecule has 1 fully saturated rings. The minimum absolute atomic E-state index is 0.0873. The number of carbonyl (C=O) groups is 2. The number of hydrogen-bond acceptors (Lipinski definition) is 8. The van der Waals surface area contributed by atoms with Crippen LogP contribution in [0, 0.1) is 0 Å². The van der Waals surface area contributed by atoms with Crippen molar-refractivity contribution in [1.29, 1.82) is 0 Å². The van der Waals surface area contributed by atoms with Crippen LogP contribution in [-0.2, 0) is 9.59 Å². The summed E-state index contributed by atoms with van der Waals surface area (Å²) in [6.07, 6.45) is 10.2. The second-order valence-electron chi connectivity index (χ2n) is 8.70. The molecule has 2 aliphatic heterocycles. The molecule has 0 bridgehead atoms. The Morgan fingerprint density at radius 2 is 1.95 bits per heavy atom. The van der Waals surface area contributed by atoms with Crippen molar-refractivity contribution < 1.29 is 9.59 Å². The van der Waals surface area contributed by atoms with E-state index < -0.39 is 0 Å². The maximum absolute atomic E-state index is 12.9. The SMILES string of the molecule is CC(C)N1CCN(c2cc(-n3ccccc3=O)ccc2N2C=C(C/C=C/C=C(\S)Cl)NN2)CC1=O.NC=O. The fraction of sp³-hybridized carbons (Fsp3) is 0.269. The number of aromatic nitrogens is 1. The molecule has 0 spiro atoms. The van der Waals surface area contributed by atoms with E-state index in [9.17, 15) is 9.59 Å². The van der Waals surface area contributed by atoms with Crippen LogP contribution in [0.1, 0.15) is 20.3 Å². The van der Waals surface area contributed by atoms with Crippen LogP contribution >= 0.6 is 24.2 Å². The van der Waals surface area contributed by atoms with E-state index in [-0.39, 0.29) is 30.5 Å². The standard InChI is InChI=1S/C25H29ClN6O2S.CH3NO/c1-18(2)30-14-13-29(17-25(30)34)22-15-20(31-12-6-5-9-24(31)33)10-11-21(22)32-16-19(27-28-32)7-3-4-8-23(26)35;2-1-3/h3-6,8-12,15-16,18,27-28,35H,7,13-14,17H2,1-2H3;1H,(H2,2,3)/b4-3+,23-8-;. The predicted molar refractivity (Wildman–Crippen MR) is 155 cm³/mol. The van der Waals surface area contributed by atoms with Crippen LogP contribution in [0.3, 0.4) is 0 Å². The number of piperazine rings is 1. The van der Waals surface area contributed by atoms with E-state index in [0.29, 0.717) is 23.9 Å². The van der Waals surface area contributed by atoms with Crippen LogP contribution < -0.4 is 32.2 Å². The summed E-state index contributed by atoms with van der Waals surface area (Å²) in [5, 5.41) is 1.89. The number of benzene rings is 1. The van der Waals surface area contributed by atoms with E-state index in [4.69, 9.17) is 16.4 Å². The summed E-state index contributed by atoms with van der Waals surface area (Å²) in [7, 11) is 0. The molecule has 0 aliphatic carbocycles. The highest BCUT2D eigenvalue weighted by Crippen LogP contribution is 2.33. The van der Waals surface area contributed by atoms with E-state index in [2.05, 4.69) is 34.2 Å². The molecule has 10 nitrogen and oxygen atoms in total. The van der Waals surface area contributed by atoms with Crippen LogP contribution in [-0.4, -0.2) is 47.5 Å². The monoisotopic (exact) mass is 557 g/mol. The number of rotatable bonds is 7. The lowest BCUT2D eigenvalue weighted by atomic mass is 10.1. The third kappa shape index (κ3) is 7.44. The summed E-state index contributed by atoms with van der Waals surface area (Å²) in [6.45, 7) is 5.67. The molecule has 2 aromatic rings. The van der Waals surface area contributed by atoms with Gasteiger partial charge in [0.15, 0.2) is 0 Å². The number of pyridine rings is 1. The Morgan fingerprint density at radius 3 is 2.61 bits per heavy atom. The van der Waals surface area contributed by atoms with Crippen LogP contribution in [0.4, 0.5) is 11.4 Å². The number of nitrogens with two attached hydrogens (primary N) is 1. The van der Waals surface area contributed by atoms with Gasteiger partial charge >= 0.3 is 0 Å². The van der Waals surface area contributed by atoms with E-state index in [0.717, 1.165) is 22.8 Å². The molecule has 0 radical (unpaired) electrons. The molecule has 4 N–H and O–H groups in total. The molecular weight excluding hydrogens is 526 g/mol. The first-order valence-electron chi connectivity index (χ1n) is 12.0. The molecule has 2 amide bonds. The lowest BCUT2D eigenvalue weighted by Crippen LogP contribution is -2.53. The maximum atomic E-state index is 12.9. The van der Waals surface area contributed by atoms with Crippen molar-refractivity contribution in [3.05, 3.63) is 87.4 Å². The summed E-state index contributed by atoms with van der Waals surface area (Å²) in [4.78, 5) is 37.9. The van der Waals surface area contributed by atoms with Gasteiger partial charge in [-0.1, -0.05) is 29.8 Å². The topological polar surface area (TPSA) is 116 Å². The Hall–Kier alpha value is -3.67. The van der Waals surface area contributed by atoms with Gasteiger partial charge in [-0.2, -0.15) is 0 Å². The average molecular weight is 558 g/mol. The first-order valence-corrected chi connectivity index (χ1v) is 12.8. The normalized spacial score (nSPS) is 15.9. The first kappa shape index (κ1) is 28.9. The third-order valence-electron chi connectivity index (χ3n) is 5.87. The van der Waals surface area contributed by atoms with Crippen molar-refractivity contribution >= 4 is 47.9 Å². The largest absolute Gasteiger partial charge is 0.372 e. The number of nitrogens with zero attached hydrogens (tertiary/aromatic N) is 4. The Bertz CT molecular complexity index is 1290. The molecule has 202 valence electrons. The van der Waals surface area contributed by atoms with Crippen molar-refractivity contribution in [3.63, 3.8) is 0 Å². The van der Waals surface area contributed by atoms with Crippen LogP contribution in [0.25, 0.3) is 5.69 Å². The van der Waals surface area contributed by atoms with Crippen molar-refractivity contribution in [1.82, 2.24) is 20.4 Å². The summed E-state index contributed by atoms with van der Waals surface area (Å²) in [5.41, 5.74) is 13.8. The molecule has 38 heavy (non-hydrogen) atoms. The zero-order chi connectivity index (χ0) is 27.7. The van der Waals surface area contributed by atoms with Gasteiger partial charge in [0, 0.05) is 49.7 Å². The van der Waals surface area contributed by atoms with Gasteiger partial charge in [-0.25, -0.2) is 0 Å². The van der Waals surface area contributed by atoms with Gasteiger partial charge in [0.2, 0.25) is 12.3 Å². The van der Waals surface area contributed by atoms with Crippen molar-refractivity contribution in [2.45, 2.75) is 26.3 Å². The summed E-state index contributed by atoms with van der Waals surface area (Å²) in [5.74, 6) is 0.0873. The average Bonchev–Trinajstić information content (AvgIpc) is 3.35. The number of halogens is 1. The molecule has 1 saturated heterocycles. The molecule has 0 atom stereocenters. The molecule has 0 unspecified atom stereocenters. The zero-order valence-corrected chi connectivity index (χ0v) is 22.9. The molecule has 12 heteroatoms. The van der Waals surface area contributed by atoms with Gasteiger partial charge in [0.05, 0.1) is 28.0 Å². The molecule has 3 heterocycles. The van der Waals surface area contributed by atoms with E-state index in [1.165, 1.54) is 6.07 Å². The van der Waals surface area contributed by atoms with Gasteiger partial charge in [-0.3, -0.25) is 24.0 Å². The summed E-state index contributed by atoms with van der Waals surface area (Å²) >= 11 is 9.78. The number of thiol groups is 1. The van der Waals surface area contributed by atoms with Crippen LogP contribution in [0.2, 0.25) is 0 Å². The fourth-order valence-corrected chi connectivity index (χ4v) is 4.28. The van der Waals surface area contributed by atoms with Gasteiger partial charge in [0.1, 0.15) is 0 Å². The maximum Gasteiger partial charge on any atom is 0.255 e. The van der Waals surface area contributed by atoms with Gasteiger partial charge in [-0.15, -0.1) is 18.2 Å². The predicted octanol–water partition coefficient (Wildman–Crippen LogP) is 2.62. The lowest BCUT2D eigenvalue weighted by Gasteiger charge is -2.39. The number of carbonyl (C=O) groups excluding carboxylic acids is 2. The minimum atomic E-state index is -0.114. The minimum Gasteiger partial charge on any atom is -0.372 e. The number of hydrazine groups is 2. The Kier molecular flexibility index (Phi) is 10.5. The van der Waals surface area contributed by atoms with Crippen LogP contribution in [0.15, 0.2) is 81.9 Å². The number of hydrogen-bond donors (Lipinski definition) is 4. The lowest BCUT2D eigenvalue weighted by molar-refractivity contribution is -0.132. The van der Waals surface area contributed by atoms with E-state index >= 15 is 0 Å². The molecule has 1 aromatic carbocycles. The Morgan fingerprint density at radius 1 is 1.18 bits per heavy atom. The van der Waals surface area contributed by atoms with Crippen molar-refractivity contribution in [2.24, 2.45) is 5.73 Å². The third-order valence-corrected chi connectivity index (χ3v) is 6.15. The molecular formula is C26H32ClN7O3S. The van der Waals surface area contributed by atoms with Crippen molar-refractivity contribution in [3.8, 4) is 5.69 Å². The highest BCUT2D eigenvalue weighted by molar-refractivity contribution is 7.86. The molecule has 2 aliphatic rings. The fourth-order valence-electron chi connectivity index (χ4n) is 4.13. The van der Waals surface area contributed by atoms with Gasteiger partial charge in [0.25, 0.3) is 5.56 Å². The number of primary amides is 1. The van der Waals surface area contributed by atoms with Gasteiger partial charge in [-0.05, 0) is 44.2 Å². The molecule has 4 rings (SSSR count). The van der Waals surface area contributed by atoms with Gasteiger partial charge < -0.3 is 21.0 Å². The number of nitrogens with one attached hydrogen (secondary N) is 2. The number of allylic oxidation sites excluding steroid dienone is 3. The molecule has 0 saturated carbocycles. The van der Waals surface area contributed by atoms with E-state index in [1.807, 2.05) is 66.4 Å². The highest BCUT2D eigenvalue weighted by Gasteiger charge is 2.28. The number of amides is 2. The van der Waals surface area contributed by atoms with Crippen LogP contribution in [0.5, 0.6) is 0 Å². The highest BCUT2D eigenvalue weighted by atomic mass is 35.5. The second kappa shape index (κ2) is 13.8. The quantitative estimate of drug-likeness (QED) is 0.235. The zero-order valence-electron chi connectivity index (χ0n) is 21.3. The summed E-state index contributed by atoms with van der Waals surface area (Å²) in [6, 6.07) is 11.1. The number of anilines is 2. The summed E-state index contributed by atoms with van der Waals surface area (Å²) < 4.78 is 2.02. The molecule has 1 aromatic heterocycles. The smallest absolute Gasteiger partial charge is 0.255 e. The second-order valence-corrected chi connectivity index (χ2v) is 9.86. The Balaban J connectivity index is 0.00000127. The Labute approximate surface area is 232 Å².